The number of halogens is 1. The number of benzene rings is 3. The molecule has 204 valence electrons. The highest BCUT2D eigenvalue weighted by Crippen LogP contribution is 2.36. The van der Waals surface area contributed by atoms with Crippen LogP contribution in [0.5, 0.6) is 0 Å². The van der Waals surface area contributed by atoms with E-state index in [0.717, 1.165) is 38.6 Å². The zero-order valence-corrected chi connectivity index (χ0v) is 24.0. The Hall–Kier alpha value is -3.99. The molecule has 5 rings (SSSR count). The van der Waals surface area contributed by atoms with Crippen LogP contribution in [-0.2, 0) is 21.3 Å². The molecule has 0 saturated carbocycles. The van der Waals surface area contributed by atoms with Gasteiger partial charge in [-0.2, -0.15) is 0 Å². The number of fused-ring (bicyclic) bond motifs is 1. The van der Waals surface area contributed by atoms with E-state index in [4.69, 9.17) is 16.3 Å². The van der Waals surface area contributed by atoms with Gasteiger partial charge in [-0.3, -0.25) is 4.79 Å². The van der Waals surface area contributed by atoms with E-state index in [1.54, 1.807) is 35.8 Å². The van der Waals surface area contributed by atoms with Crippen molar-refractivity contribution in [2.75, 3.05) is 17.2 Å². The molecule has 0 bridgehead atoms. The first-order chi connectivity index (χ1) is 19.2. The lowest BCUT2D eigenvalue weighted by Gasteiger charge is -2.19. The number of pyridine rings is 1. The van der Waals surface area contributed by atoms with Gasteiger partial charge in [-0.25, -0.2) is 22.5 Å². The highest BCUT2D eigenvalue weighted by atomic mass is 35.5. The molecule has 11 heteroatoms. The van der Waals surface area contributed by atoms with Gasteiger partial charge in [0, 0.05) is 17.8 Å². The Bertz CT molecular complexity index is 1870. The Kier molecular flexibility index (Phi) is 7.75. The number of carbonyl (C=O) groups excluding carboxylic acids is 1. The number of thiazole rings is 1. The van der Waals surface area contributed by atoms with Crippen LogP contribution in [0.25, 0.3) is 21.5 Å². The predicted molar refractivity (Wildman–Crippen MR) is 159 cm³/mol. The maximum absolute atomic E-state index is 13.4. The van der Waals surface area contributed by atoms with E-state index in [0.29, 0.717) is 15.5 Å². The highest BCUT2D eigenvalue weighted by Gasteiger charge is 2.27. The molecule has 0 saturated heterocycles. The van der Waals surface area contributed by atoms with Crippen LogP contribution in [0.2, 0.25) is 5.02 Å². The highest BCUT2D eigenvalue weighted by molar-refractivity contribution is 7.92. The number of nitrogens with zero attached hydrogens (tertiary/aromatic N) is 3. The molecule has 3 aromatic carbocycles. The Morgan fingerprint density at radius 2 is 1.70 bits per heavy atom. The third kappa shape index (κ3) is 5.51. The van der Waals surface area contributed by atoms with Crippen LogP contribution in [0.3, 0.4) is 0 Å². The van der Waals surface area contributed by atoms with Gasteiger partial charge in [-0.15, -0.1) is 0 Å². The van der Waals surface area contributed by atoms with Crippen LogP contribution in [0, 0.1) is 0 Å². The number of rotatable bonds is 8. The van der Waals surface area contributed by atoms with Crippen LogP contribution < -0.4 is 9.73 Å². The quantitative estimate of drug-likeness (QED) is 0.202. The van der Waals surface area contributed by atoms with Crippen molar-refractivity contribution in [3.05, 3.63) is 111 Å². The van der Waals surface area contributed by atoms with Gasteiger partial charge in [-0.05, 0) is 47.9 Å². The molecule has 0 radical (unpaired) electrons. The normalized spacial score (nSPS) is 11.5. The number of carbonyl (C=O) groups is 1. The monoisotopic (exact) mass is 593 g/mol. The number of sulfonamides is 1. The number of aromatic nitrogens is 2. The lowest BCUT2D eigenvalue weighted by atomic mass is 9.99. The second kappa shape index (κ2) is 11.2. The third-order valence-electron chi connectivity index (χ3n) is 6.11. The minimum Gasteiger partial charge on any atom is -0.462 e. The fourth-order valence-electron chi connectivity index (χ4n) is 4.36. The van der Waals surface area contributed by atoms with E-state index in [1.807, 2.05) is 54.6 Å². The maximum atomic E-state index is 13.4. The van der Waals surface area contributed by atoms with Crippen molar-refractivity contribution in [1.82, 2.24) is 9.55 Å². The smallest absolute Gasteiger partial charge is 0.343 e. The average Bonchev–Trinajstić information content (AvgIpc) is 3.37. The van der Waals surface area contributed by atoms with Gasteiger partial charge in [-0.1, -0.05) is 77.5 Å². The maximum Gasteiger partial charge on any atom is 0.343 e. The van der Waals surface area contributed by atoms with Crippen molar-refractivity contribution in [1.29, 1.82) is 0 Å². The molecule has 0 spiro atoms. The van der Waals surface area contributed by atoms with E-state index >= 15 is 0 Å². The van der Waals surface area contributed by atoms with Crippen molar-refractivity contribution >= 4 is 60.1 Å². The fraction of sp³-hybridized carbons (Fsp3) is 0.138. The number of ether oxygens (including phenoxy) is 1. The molecule has 2 aromatic heterocycles. The minimum atomic E-state index is -3.86. The average molecular weight is 594 g/mol. The second-order valence-electron chi connectivity index (χ2n) is 8.90. The summed E-state index contributed by atoms with van der Waals surface area (Å²) in [5, 5.41) is 0.500. The summed E-state index contributed by atoms with van der Waals surface area (Å²) in [6.07, 6.45) is 2.51. The molecule has 0 aliphatic carbocycles. The summed E-state index contributed by atoms with van der Waals surface area (Å²) in [4.78, 5) is 31.1. The zero-order valence-electron chi connectivity index (χ0n) is 21.6. The van der Waals surface area contributed by atoms with Gasteiger partial charge in [0.2, 0.25) is 20.6 Å². The van der Waals surface area contributed by atoms with Gasteiger partial charge >= 0.3 is 5.97 Å². The number of hydrogen-bond donors (Lipinski definition) is 0. The Morgan fingerprint density at radius 3 is 2.38 bits per heavy atom. The molecule has 0 atom stereocenters. The number of anilines is 2. The number of hydrogen-bond acceptors (Lipinski definition) is 7. The van der Waals surface area contributed by atoms with Gasteiger partial charge in [0.15, 0.2) is 0 Å². The molecular weight excluding hydrogens is 570 g/mol. The van der Waals surface area contributed by atoms with E-state index in [9.17, 15) is 18.0 Å². The molecule has 0 aliphatic rings. The van der Waals surface area contributed by atoms with Crippen LogP contribution in [0.1, 0.15) is 22.8 Å². The van der Waals surface area contributed by atoms with Crippen molar-refractivity contribution in [2.45, 2.75) is 13.5 Å². The largest absolute Gasteiger partial charge is 0.462 e. The van der Waals surface area contributed by atoms with Crippen LogP contribution >= 0.6 is 22.9 Å². The van der Waals surface area contributed by atoms with Gasteiger partial charge in [0.25, 0.3) is 0 Å². The first-order valence-electron chi connectivity index (χ1n) is 12.3. The topological polar surface area (TPSA) is 98.6 Å². The lowest BCUT2D eigenvalue weighted by Crippen LogP contribution is -2.24. The molecule has 0 unspecified atom stereocenters. The van der Waals surface area contributed by atoms with Gasteiger partial charge in [0.1, 0.15) is 15.9 Å². The van der Waals surface area contributed by atoms with Crippen LogP contribution in [0.15, 0.2) is 89.9 Å². The minimum absolute atomic E-state index is 0.0228. The molecule has 0 N–H and O–H groups in total. The van der Waals surface area contributed by atoms with Crippen molar-refractivity contribution < 1.29 is 17.9 Å². The Labute approximate surface area is 240 Å². The zero-order chi connectivity index (χ0) is 28.4. The van der Waals surface area contributed by atoms with E-state index < -0.39 is 21.4 Å². The summed E-state index contributed by atoms with van der Waals surface area (Å²) in [5.74, 6) is -0.772. The molecule has 40 heavy (non-hydrogen) atoms. The fourth-order valence-corrected chi connectivity index (χ4v) is 6.81. The SMILES string of the molecule is CCOC(=O)c1cn(Cc2ccccc2-c2ccccc2)c2sc(N(c3ccc(Cl)cc3)S(C)(=O)=O)nc2c1=O. The van der Waals surface area contributed by atoms with Crippen molar-refractivity contribution in [2.24, 2.45) is 0 Å². The Morgan fingerprint density at radius 1 is 1.02 bits per heavy atom. The van der Waals surface area contributed by atoms with Crippen molar-refractivity contribution in [3.63, 3.8) is 0 Å². The second-order valence-corrected chi connectivity index (χ2v) is 12.1. The van der Waals surface area contributed by atoms with E-state index in [-0.39, 0.29) is 29.4 Å². The number of esters is 1. The lowest BCUT2D eigenvalue weighted by molar-refractivity contribution is 0.0524. The van der Waals surface area contributed by atoms with E-state index in [1.165, 1.54) is 6.20 Å². The molecular formula is C29H24ClN3O5S2. The molecule has 8 nitrogen and oxygen atoms in total. The molecule has 0 amide bonds. The first-order valence-corrected chi connectivity index (χ1v) is 15.3. The summed E-state index contributed by atoms with van der Waals surface area (Å²) < 4.78 is 33.8. The van der Waals surface area contributed by atoms with Crippen molar-refractivity contribution in [3.8, 4) is 11.1 Å². The molecule has 2 heterocycles. The summed E-state index contributed by atoms with van der Waals surface area (Å²) >= 11 is 7.06. The summed E-state index contributed by atoms with van der Waals surface area (Å²) in [6, 6.07) is 23.9. The molecule has 0 aliphatic heterocycles. The van der Waals surface area contributed by atoms with Gasteiger partial charge in [0.05, 0.1) is 18.6 Å². The summed E-state index contributed by atoms with van der Waals surface area (Å²) in [5.41, 5.74) is 2.40. The Balaban J connectivity index is 1.72. The van der Waals surface area contributed by atoms with Gasteiger partial charge < -0.3 is 9.30 Å². The third-order valence-corrected chi connectivity index (χ3v) is 8.60. The van der Waals surface area contributed by atoms with Crippen LogP contribution in [0.4, 0.5) is 10.8 Å². The summed E-state index contributed by atoms with van der Waals surface area (Å²) in [7, 11) is -3.86. The molecule has 5 aromatic rings. The standard InChI is InChI=1S/C29H24ClN3O5S2/c1-3-38-28(35)24-18-32(17-20-11-7-8-12-23(20)19-9-5-4-6-10-19)27-25(26(24)34)31-29(39-27)33(40(2,36)37)22-15-13-21(30)14-16-22/h4-16,18H,3,17H2,1-2H3. The van der Waals surface area contributed by atoms with E-state index in [2.05, 4.69) is 4.98 Å². The molecule has 0 fully saturated rings. The predicted octanol–water partition coefficient (Wildman–Crippen LogP) is 6.10. The van der Waals surface area contributed by atoms with Crippen LogP contribution in [-0.4, -0.2) is 36.8 Å². The first kappa shape index (κ1) is 27.6. The summed E-state index contributed by atoms with van der Waals surface area (Å²) in [6.45, 7) is 2.03.